The minimum Gasteiger partial charge on any atom is -0.490 e. The number of fused-ring (bicyclic) bond motifs is 1. The summed E-state index contributed by atoms with van der Waals surface area (Å²) in [5.74, 6) is 1.04. The number of nitrogens with one attached hydrogen (secondary N) is 1. The summed E-state index contributed by atoms with van der Waals surface area (Å²) in [5, 5.41) is 9.51. The number of aryl methyl sites for hydroxylation is 1. The van der Waals surface area contributed by atoms with Gasteiger partial charge in [0.2, 0.25) is 0 Å². The number of unbranched alkanes of at least 4 members (excludes halogenated alkanes) is 15. The molecule has 0 fully saturated rings. The standard InChI is InChI=1S/C43H72N5O7P/c1-5-6-7-8-9-10-11-12-13-14-15-16-17-18-19-20-27-51-31-40(52-30-36-21-22-37(29-44)42(28-36)55-35(2)3)33-54-56(49)53-32-39(50-4)25-23-38-24-26-41-43(45)46-34-47-48(38)41/h21-22,24,26,28,35,39-40,47,49H,5-20,23,25,27,30-34H2,1-4H3,(H2,45,46). The molecule has 2 heterocycles. The SMILES string of the molecule is CCCCCCCCCCCCCCCCCCOCC(COP(O)OCC(CCc1ccc2n1NCN=C2N)OC)OCc1ccc(C#N)c(OC(C)C)c1. The van der Waals surface area contributed by atoms with Crippen molar-refractivity contribution in [2.75, 3.05) is 45.6 Å². The van der Waals surface area contributed by atoms with Gasteiger partial charge in [-0.1, -0.05) is 109 Å². The smallest absolute Gasteiger partial charge is 0.330 e. The van der Waals surface area contributed by atoms with Gasteiger partial charge in [-0.2, -0.15) is 5.26 Å². The average molecular weight is 802 g/mol. The largest absolute Gasteiger partial charge is 0.490 e. The molecular formula is C43H72N5O7P. The number of nitriles is 1. The van der Waals surface area contributed by atoms with Gasteiger partial charge in [0.25, 0.3) is 0 Å². The Morgan fingerprint density at radius 3 is 2.11 bits per heavy atom. The molecule has 0 amide bonds. The Balaban J connectivity index is 1.36. The fraction of sp³-hybridized carbons (Fsp3) is 0.721. The lowest BCUT2D eigenvalue weighted by molar-refractivity contribution is -0.0489. The van der Waals surface area contributed by atoms with E-state index >= 15 is 0 Å². The van der Waals surface area contributed by atoms with Crippen molar-refractivity contribution in [3.8, 4) is 11.8 Å². The Hall–Kier alpha value is -2.75. The van der Waals surface area contributed by atoms with Gasteiger partial charge in [-0.25, -0.2) is 4.99 Å². The molecule has 0 spiro atoms. The van der Waals surface area contributed by atoms with Gasteiger partial charge in [0.05, 0.1) is 44.2 Å². The van der Waals surface area contributed by atoms with Gasteiger partial charge in [0, 0.05) is 19.4 Å². The van der Waals surface area contributed by atoms with E-state index in [1.807, 2.05) is 42.8 Å². The maximum absolute atomic E-state index is 10.7. The number of aliphatic imine (C=N–C) groups is 1. The maximum Gasteiger partial charge on any atom is 0.330 e. The monoisotopic (exact) mass is 802 g/mol. The number of nitrogens with zero attached hydrogens (tertiary/aromatic N) is 3. The van der Waals surface area contributed by atoms with Crippen molar-refractivity contribution in [2.24, 2.45) is 10.7 Å². The number of amidine groups is 1. The molecule has 0 aliphatic carbocycles. The summed E-state index contributed by atoms with van der Waals surface area (Å²) in [6, 6.07) is 11.6. The van der Waals surface area contributed by atoms with E-state index in [-0.39, 0.29) is 32.0 Å². The summed E-state index contributed by atoms with van der Waals surface area (Å²) in [5.41, 5.74) is 12.5. The van der Waals surface area contributed by atoms with Crippen LogP contribution in [-0.4, -0.2) is 73.9 Å². The van der Waals surface area contributed by atoms with Crippen molar-refractivity contribution < 1.29 is 32.9 Å². The molecule has 56 heavy (non-hydrogen) atoms. The normalized spacial score (nSPS) is 14.2. The fourth-order valence-corrected chi connectivity index (χ4v) is 7.33. The molecule has 0 radical (unpaired) electrons. The third-order valence-corrected chi connectivity index (χ3v) is 10.7. The zero-order chi connectivity index (χ0) is 40.2. The van der Waals surface area contributed by atoms with E-state index in [0.29, 0.717) is 43.5 Å². The second kappa shape index (κ2) is 29.5. The molecule has 0 saturated heterocycles. The van der Waals surface area contributed by atoms with Crippen LogP contribution < -0.4 is 15.9 Å². The molecule has 1 aromatic carbocycles. The number of ether oxygens (including phenoxy) is 4. The number of rotatable bonds is 34. The van der Waals surface area contributed by atoms with Crippen LogP contribution in [0.25, 0.3) is 0 Å². The van der Waals surface area contributed by atoms with Crippen molar-refractivity contribution in [3.05, 3.63) is 52.8 Å². The molecule has 2 aromatic rings. The Labute approximate surface area is 338 Å². The highest BCUT2D eigenvalue weighted by atomic mass is 31.2. The van der Waals surface area contributed by atoms with E-state index in [9.17, 15) is 10.2 Å². The van der Waals surface area contributed by atoms with Crippen LogP contribution >= 0.6 is 8.60 Å². The van der Waals surface area contributed by atoms with Crippen LogP contribution in [0.2, 0.25) is 0 Å². The van der Waals surface area contributed by atoms with E-state index in [4.69, 9.17) is 33.7 Å². The van der Waals surface area contributed by atoms with Crippen LogP contribution in [0, 0.1) is 11.3 Å². The molecule has 3 unspecified atom stereocenters. The van der Waals surface area contributed by atoms with Crippen molar-refractivity contribution in [2.45, 2.75) is 161 Å². The number of methoxy groups -OCH3 is 1. The minimum absolute atomic E-state index is 0.0652. The second-order valence-corrected chi connectivity index (χ2v) is 16.0. The predicted molar refractivity (Wildman–Crippen MR) is 225 cm³/mol. The quantitative estimate of drug-likeness (QED) is 0.0461. The summed E-state index contributed by atoms with van der Waals surface area (Å²) < 4.78 is 37.2. The molecule has 1 aliphatic rings. The first kappa shape index (κ1) is 47.6. The van der Waals surface area contributed by atoms with Gasteiger partial charge in [-0.15, -0.1) is 0 Å². The minimum atomic E-state index is -2.17. The summed E-state index contributed by atoms with van der Waals surface area (Å²) in [7, 11) is -0.539. The number of hydrogen-bond acceptors (Lipinski definition) is 11. The molecule has 3 rings (SSSR count). The number of nitrogens with two attached hydrogens (primary N) is 1. The average Bonchev–Trinajstić information content (AvgIpc) is 3.62. The van der Waals surface area contributed by atoms with Gasteiger partial charge in [-0.05, 0) is 62.9 Å². The molecule has 12 nitrogen and oxygen atoms in total. The third kappa shape index (κ3) is 19.6. The van der Waals surface area contributed by atoms with Crippen LogP contribution in [0.4, 0.5) is 0 Å². The second-order valence-electron chi connectivity index (χ2n) is 15.1. The predicted octanol–water partition coefficient (Wildman–Crippen LogP) is 9.43. The number of aromatic nitrogens is 1. The molecule has 0 saturated carbocycles. The molecule has 1 aliphatic heterocycles. The molecule has 3 atom stereocenters. The highest BCUT2D eigenvalue weighted by Crippen LogP contribution is 2.34. The Kier molecular flexibility index (Phi) is 25.1. The van der Waals surface area contributed by atoms with Gasteiger partial charge in [0.15, 0.2) is 0 Å². The lowest BCUT2D eigenvalue weighted by Crippen LogP contribution is -2.32. The highest BCUT2D eigenvalue weighted by Gasteiger charge is 2.20. The molecule has 4 N–H and O–H groups in total. The van der Waals surface area contributed by atoms with Gasteiger partial charge in [-0.3, -0.25) is 4.68 Å². The maximum atomic E-state index is 10.7. The zero-order valence-electron chi connectivity index (χ0n) is 34.9. The van der Waals surface area contributed by atoms with E-state index < -0.39 is 14.7 Å². The summed E-state index contributed by atoms with van der Waals surface area (Å²) in [4.78, 5) is 14.9. The molecule has 1 aromatic heterocycles. The summed E-state index contributed by atoms with van der Waals surface area (Å²) >= 11 is 0. The first-order valence-corrected chi connectivity index (χ1v) is 22.4. The first-order chi connectivity index (χ1) is 27.3. The lowest BCUT2D eigenvalue weighted by Gasteiger charge is -2.22. The van der Waals surface area contributed by atoms with Crippen molar-refractivity contribution in [1.82, 2.24) is 4.68 Å². The number of hydrogen-bond donors (Lipinski definition) is 3. The van der Waals surface area contributed by atoms with Crippen LogP contribution in [0.15, 0.2) is 35.3 Å². The van der Waals surface area contributed by atoms with E-state index in [1.54, 1.807) is 13.2 Å². The van der Waals surface area contributed by atoms with Crippen LogP contribution in [0.3, 0.4) is 0 Å². The van der Waals surface area contributed by atoms with Crippen LogP contribution in [-0.2, 0) is 36.3 Å². The van der Waals surface area contributed by atoms with Crippen LogP contribution in [0.5, 0.6) is 5.75 Å². The third-order valence-electron chi connectivity index (χ3n) is 9.96. The Morgan fingerprint density at radius 1 is 0.875 bits per heavy atom. The van der Waals surface area contributed by atoms with Gasteiger partial charge in [0.1, 0.15) is 36.1 Å². The first-order valence-electron chi connectivity index (χ1n) is 21.3. The van der Waals surface area contributed by atoms with E-state index in [0.717, 1.165) is 36.2 Å². The Morgan fingerprint density at radius 2 is 1.50 bits per heavy atom. The van der Waals surface area contributed by atoms with Crippen LogP contribution in [0.1, 0.15) is 152 Å². The van der Waals surface area contributed by atoms with E-state index in [1.165, 1.54) is 89.9 Å². The zero-order valence-corrected chi connectivity index (χ0v) is 35.7. The molecular weight excluding hydrogens is 729 g/mol. The van der Waals surface area contributed by atoms with Gasteiger partial charge < -0.3 is 44.0 Å². The molecule has 0 bridgehead atoms. The van der Waals surface area contributed by atoms with Crippen molar-refractivity contribution >= 4 is 14.4 Å². The summed E-state index contributed by atoms with van der Waals surface area (Å²) in [6.07, 6.45) is 21.9. The fourth-order valence-electron chi connectivity index (χ4n) is 6.67. The lowest BCUT2D eigenvalue weighted by atomic mass is 10.0. The molecule has 13 heteroatoms. The van der Waals surface area contributed by atoms with E-state index in [2.05, 4.69) is 23.4 Å². The summed E-state index contributed by atoms with van der Waals surface area (Å²) in [6.45, 7) is 8.06. The van der Waals surface area contributed by atoms with Crippen molar-refractivity contribution in [3.63, 3.8) is 0 Å². The highest BCUT2D eigenvalue weighted by molar-refractivity contribution is 7.40. The van der Waals surface area contributed by atoms with Gasteiger partial charge >= 0.3 is 8.60 Å². The number of benzene rings is 1. The molecule has 316 valence electrons. The Bertz CT molecular complexity index is 1400. The van der Waals surface area contributed by atoms with Crippen molar-refractivity contribution in [1.29, 1.82) is 5.26 Å². The topological polar surface area (TPSA) is 155 Å².